The van der Waals surface area contributed by atoms with Crippen LogP contribution in [0.1, 0.15) is 27.7 Å². The van der Waals surface area contributed by atoms with Crippen LogP contribution in [0.3, 0.4) is 0 Å². The van der Waals surface area contributed by atoms with Crippen molar-refractivity contribution in [1.82, 2.24) is 0 Å². The predicted octanol–water partition coefficient (Wildman–Crippen LogP) is 3.08. The van der Waals surface area contributed by atoms with Crippen molar-refractivity contribution in [2.24, 2.45) is 0 Å². The van der Waals surface area contributed by atoms with E-state index < -0.39 is 7.26 Å². The van der Waals surface area contributed by atoms with Crippen molar-refractivity contribution in [3.8, 4) is 0 Å². The van der Waals surface area contributed by atoms with Crippen LogP contribution in [0.15, 0.2) is 0 Å². The molecule has 10 heavy (non-hydrogen) atoms. The topological polar surface area (TPSA) is 0 Å². The van der Waals surface area contributed by atoms with Gasteiger partial charge in [0.1, 0.15) is 0 Å². The molecule has 0 saturated heterocycles. The third-order valence-corrected chi connectivity index (χ3v) is 8.05. The van der Waals surface area contributed by atoms with Gasteiger partial charge in [0.25, 0.3) is 0 Å². The first-order valence-corrected chi connectivity index (χ1v) is 6.62. The summed E-state index contributed by atoms with van der Waals surface area (Å²) in [4.78, 5) is 0. The van der Waals surface area contributed by atoms with Gasteiger partial charge in [-0.15, -0.1) is 0 Å². The molecule has 0 aromatic carbocycles. The first-order chi connectivity index (χ1) is 4.24. The standard InChI is InChI=1S/C8H20P.Cu/c1-5-9(6-2,7-3)8-4;/h5-8H2,1-4H3;/q+1;+2. The maximum atomic E-state index is 2.35. The molecular formula is C8H20CuP+3. The largest absolute Gasteiger partial charge is 2.00 e. The van der Waals surface area contributed by atoms with Crippen LogP contribution in [0.4, 0.5) is 0 Å². The van der Waals surface area contributed by atoms with Gasteiger partial charge in [0.15, 0.2) is 0 Å². The Bertz CT molecular complexity index is 52.1. The maximum absolute atomic E-state index is 2.35. The fourth-order valence-corrected chi connectivity index (χ4v) is 4.02. The van der Waals surface area contributed by atoms with E-state index in [1.807, 2.05) is 0 Å². The van der Waals surface area contributed by atoms with Gasteiger partial charge in [0, 0.05) is 7.26 Å². The van der Waals surface area contributed by atoms with Crippen LogP contribution in [-0.4, -0.2) is 24.6 Å². The van der Waals surface area contributed by atoms with Crippen LogP contribution < -0.4 is 0 Å². The van der Waals surface area contributed by atoms with Gasteiger partial charge >= 0.3 is 17.1 Å². The Labute approximate surface area is 77.0 Å². The van der Waals surface area contributed by atoms with E-state index in [9.17, 15) is 0 Å². The average molecular weight is 211 g/mol. The van der Waals surface area contributed by atoms with E-state index >= 15 is 0 Å². The van der Waals surface area contributed by atoms with Crippen molar-refractivity contribution in [3.05, 3.63) is 0 Å². The van der Waals surface area contributed by atoms with Gasteiger partial charge in [-0.05, 0) is 27.7 Å². The fraction of sp³-hybridized carbons (Fsp3) is 1.00. The number of hydrogen-bond acceptors (Lipinski definition) is 0. The first kappa shape index (κ1) is 13.5. The van der Waals surface area contributed by atoms with Gasteiger partial charge in [0.05, 0.1) is 24.6 Å². The molecule has 1 radical (unpaired) electrons. The Morgan fingerprint density at radius 3 is 0.900 bits per heavy atom. The molecule has 0 aromatic heterocycles. The van der Waals surface area contributed by atoms with Crippen molar-refractivity contribution in [3.63, 3.8) is 0 Å². The van der Waals surface area contributed by atoms with E-state index in [-0.39, 0.29) is 17.1 Å². The minimum Gasteiger partial charge on any atom is -0.0311 e. The Morgan fingerprint density at radius 1 is 0.700 bits per heavy atom. The SMILES string of the molecule is CC[P+](CC)(CC)CC.[Cu+2]. The van der Waals surface area contributed by atoms with E-state index in [1.54, 1.807) is 0 Å². The van der Waals surface area contributed by atoms with E-state index in [4.69, 9.17) is 0 Å². The first-order valence-electron chi connectivity index (χ1n) is 4.09. The molecule has 2 heteroatoms. The van der Waals surface area contributed by atoms with Gasteiger partial charge in [-0.25, -0.2) is 0 Å². The third kappa shape index (κ3) is 3.37. The quantitative estimate of drug-likeness (QED) is 0.494. The molecule has 0 nitrogen and oxygen atoms in total. The molecule has 0 fully saturated rings. The second kappa shape index (κ2) is 6.65. The molecule has 0 aliphatic carbocycles. The molecule has 0 aliphatic heterocycles. The Kier molecular flexibility index (Phi) is 9.00. The van der Waals surface area contributed by atoms with Crippen LogP contribution >= 0.6 is 7.26 Å². The summed E-state index contributed by atoms with van der Waals surface area (Å²) < 4.78 is 0. The minimum atomic E-state index is -0.420. The van der Waals surface area contributed by atoms with Crippen LogP contribution in [0.2, 0.25) is 0 Å². The van der Waals surface area contributed by atoms with Crippen molar-refractivity contribution in [2.45, 2.75) is 27.7 Å². The molecule has 0 saturated carbocycles. The minimum absolute atomic E-state index is 0. The zero-order valence-corrected chi connectivity index (χ0v) is 9.41. The Morgan fingerprint density at radius 2 is 0.900 bits per heavy atom. The molecule has 0 heterocycles. The Hall–Kier alpha value is 0.949. The summed E-state index contributed by atoms with van der Waals surface area (Å²) in [6, 6.07) is 0. The molecule has 0 aliphatic rings. The van der Waals surface area contributed by atoms with E-state index in [0.717, 1.165) is 0 Å². The van der Waals surface area contributed by atoms with Gasteiger partial charge in [0.2, 0.25) is 0 Å². The van der Waals surface area contributed by atoms with Crippen LogP contribution in [0.25, 0.3) is 0 Å². The van der Waals surface area contributed by atoms with Gasteiger partial charge in [-0.2, -0.15) is 0 Å². The van der Waals surface area contributed by atoms with Crippen LogP contribution in [0.5, 0.6) is 0 Å². The summed E-state index contributed by atoms with van der Waals surface area (Å²) in [6.07, 6.45) is 5.82. The fourth-order valence-electron chi connectivity index (χ4n) is 1.34. The zero-order valence-electron chi connectivity index (χ0n) is 7.58. The molecule has 0 atom stereocenters. The number of rotatable bonds is 4. The molecule has 0 amide bonds. The zero-order chi connectivity index (χ0) is 7.33. The average Bonchev–Trinajstić information content (AvgIpc) is 1.95. The second-order valence-corrected chi connectivity index (χ2v) is 7.82. The summed E-state index contributed by atoms with van der Waals surface area (Å²) >= 11 is 0. The van der Waals surface area contributed by atoms with E-state index in [1.165, 1.54) is 24.6 Å². The monoisotopic (exact) mass is 210 g/mol. The smallest absolute Gasteiger partial charge is 0.0311 e. The summed E-state index contributed by atoms with van der Waals surface area (Å²) in [7, 11) is -0.420. The Balaban J connectivity index is 0. The van der Waals surface area contributed by atoms with Gasteiger partial charge < -0.3 is 0 Å². The van der Waals surface area contributed by atoms with Crippen LogP contribution in [0, 0.1) is 0 Å². The van der Waals surface area contributed by atoms with Crippen LogP contribution in [-0.2, 0) is 17.1 Å². The van der Waals surface area contributed by atoms with Crippen molar-refractivity contribution in [1.29, 1.82) is 0 Å². The summed E-state index contributed by atoms with van der Waals surface area (Å²) in [5.41, 5.74) is 0. The molecule has 65 valence electrons. The molecule has 0 rings (SSSR count). The molecule has 0 unspecified atom stereocenters. The molecular weight excluding hydrogens is 191 g/mol. The second-order valence-electron chi connectivity index (χ2n) is 2.61. The molecule has 0 spiro atoms. The van der Waals surface area contributed by atoms with E-state index in [0.29, 0.717) is 0 Å². The predicted molar refractivity (Wildman–Crippen MR) is 49.1 cm³/mol. The summed E-state index contributed by atoms with van der Waals surface area (Å²) in [5.74, 6) is 0. The van der Waals surface area contributed by atoms with Gasteiger partial charge in [-0.1, -0.05) is 0 Å². The van der Waals surface area contributed by atoms with Gasteiger partial charge in [-0.3, -0.25) is 0 Å². The molecule has 0 aromatic rings. The number of hydrogen-bond donors (Lipinski definition) is 0. The van der Waals surface area contributed by atoms with E-state index in [2.05, 4.69) is 27.7 Å². The maximum Gasteiger partial charge on any atom is 2.00 e. The molecule has 0 N–H and O–H groups in total. The van der Waals surface area contributed by atoms with Crippen molar-refractivity contribution < 1.29 is 17.1 Å². The van der Waals surface area contributed by atoms with Crippen molar-refractivity contribution >= 4 is 7.26 Å². The normalized spacial score (nSPS) is 10.8. The summed E-state index contributed by atoms with van der Waals surface area (Å²) in [5, 5.41) is 0. The third-order valence-electron chi connectivity index (χ3n) is 2.68. The van der Waals surface area contributed by atoms with Crippen molar-refractivity contribution in [2.75, 3.05) is 24.6 Å². The summed E-state index contributed by atoms with van der Waals surface area (Å²) in [6.45, 7) is 9.41. The molecule has 0 bridgehead atoms.